The molecule has 19 heavy (non-hydrogen) atoms. The Bertz CT molecular complexity index is 237. The van der Waals surface area contributed by atoms with Crippen molar-refractivity contribution in [1.82, 2.24) is 10.2 Å². The molecule has 2 fully saturated rings. The average molecular weight is 268 g/mol. The summed E-state index contributed by atoms with van der Waals surface area (Å²) in [4.78, 5) is 2.63. The lowest BCUT2D eigenvalue weighted by atomic mass is 9.74. The molecule has 2 aliphatic heterocycles. The number of hydrogen-bond acceptors (Lipinski definition) is 3. The quantitative estimate of drug-likeness (QED) is 0.718. The molecule has 0 bridgehead atoms. The van der Waals surface area contributed by atoms with Gasteiger partial charge in [0.05, 0.1) is 6.10 Å². The molecule has 2 aliphatic rings. The van der Waals surface area contributed by atoms with Gasteiger partial charge in [-0.1, -0.05) is 26.7 Å². The number of nitrogens with zero attached hydrogens (tertiary/aromatic N) is 1. The van der Waals surface area contributed by atoms with Crippen molar-refractivity contribution >= 4 is 0 Å². The van der Waals surface area contributed by atoms with Crippen LogP contribution in [0.3, 0.4) is 0 Å². The van der Waals surface area contributed by atoms with Crippen LogP contribution in [0.2, 0.25) is 0 Å². The number of rotatable bonds is 7. The smallest absolute Gasteiger partial charge is 0.0700 e. The number of hydrogen-bond donors (Lipinski definition) is 1. The Morgan fingerprint density at radius 3 is 2.53 bits per heavy atom. The average Bonchev–Trinajstić information content (AvgIpc) is 2.98. The molecule has 0 radical (unpaired) electrons. The molecule has 0 aromatic heterocycles. The van der Waals surface area contributed by atoms with E-state index < -0.39 is 0 Å². The molecule has 2 rings (SSSR count). The van der Waals surface area contributed by atoms with Crippen LogP contribution in [0.25, 0.3) is 0 Å². The second-order valence-electron chi connectivity index (χ2n) is 6.39. The predicted octanol–water partition coefficient (Wildman–Crippen LogP) is 2.66. The predicted molar refractivity (Wildman–Crippen MR) is 80.5 cm³/mol. The molecule has 2 heterocycles. The number of nitrogens with one attached hydrogen (secondary N) is 1. The van der Waals surface area contributed by atoms with Crippen LogP contribution in [0.1, 0.15) is 52.4 Å². The van der Waals surface area contributed by atoms with Crippen LogP contribution in [-0.2, 0) is 4.74 Å². The summed E-state index contributed by atoms with van der Waals surface area (Å²) in [5.74, 6) is 0. The maximum atomic E-state index is 5.63. The molecule has 1 N–H and O–H groups in total. The summed E-state index contributed by atoms with van der Waals surface area (Å²) in [6.45, 7) is 11.6. The maximum absolute atomic E-state index is 5.63. The van der Waals surface area contributed by atoms with E-state index in [4.69, 9.17) is 4.74 Å². The molecule has 3 nitrogen and oxygen atoms in total. The fourth-order valence-corrected chi connectivity index (χ4v) is 3.51. The molecule has 2 saturated heterocycles. The first-order valence-corrected chi connectivity index (χ1v) is 8.33. The minimum absolute atomic E-state index is 0.481. The van der Waals surface area contributed by atoms with E-state index in [9.17, 15) is 0 Å². The summed E-state index contributed by atoms with van der Waals surface area (Å²) in [7, 11) is 0. The van der Waals surface area contributed by atoms with Crippen molar-refractivity contribution < 1.29 is 4.74 Å². The minimum atomic E-state index is 0.481. The van der Waals surface area contributed by atoms with Crippen molar-refractivity contribution in [3.8, 4) is 0 Å². The summed E-state index contributed by atoms with van der Waals surface area (Å²) >= 11 is 0. The van der Waals surface area contributed by atoms with Gasteiger partial charge in [0, 0.05) is 26.2 Å². The lowest BCUT2D eigenvalue weighted by Crippen LogP contribution is -2.43. The van der Waals surface area contributed by atoms with Gasteiger partial charge < -0.3 is 15.0 Å². The Kier molecular flexibility index (Phi) is 6.11. The molecule has 0 amide bonds. The van der Waals surface area contributed by atoms with Gasteiger partial charge in [0.15, 0.2) is 0 Å². The third-order valence-electron chi connectivity index (χ3n) is 5.42. The van der Waals surface area contributed by atoms with Gasteiger partial charge in [-0.25, -0.2) is 0 Å². The van der Waals surface area contributed by atoms with E-state index in [-0.39, 0.29) is 0 Å². The van der Waals surface area contributed by atoms with Gasteiger partial charge in [0.2, 0.25) is 0 Å². The molecular formula is C16H32N2O. The standard InChI is InChI=1S/C16H32N2O/c1-3-16(4-2)7-10-18(11-8-16)12-9-17-14-15-6-5-13-19-15/h15,17H,3-14H2,1-2H3. The largest absolute Gasteiger partial charge is 0.377 e. The van der Waals surface area contributed by atoms with E-state index >= 15 is 0 Å². The van der Waals surface area contributed by atoms with Crippen LogP contribution in [-0.4, -0.2) is 50.3 Å². The SMILES string of the molecule is CCC1(CC)CCN(CCNCC2CCCO2)CC1. The third kappa shape index (κ3) is 4.44. The summed E-state index contributed by atoms with van der Waals surface area (Å²) in [5, 5.41) is 3.56. The highest BCUT2D eigenvalue weighted by molar-refractivity contribution is 4.84. The van der Waals surface area contributed by atoms with Crippen molar-refractivity contribution in [2.75, 3.05) is 39.3 Å². The molecule has 0 spiro atoms. The molecule has 3 heteroatoms. The molecule has 1 atom stereocenters. The first kappa shape index (κ1) is 15.3. The van der Waals surface area contributed by atoms with Gasteiger partial charge in [-0.05, 0) is 44.2 Å². The zero-order chi connectivity index (χ0) is 13.6. The molecule has 1 unspecified atom stereocenters. The van der Waals surface area contributed by atoms with E-state index in [1.165, 1.54) is 58.2 Å². The van der Waals surface area contributed by atoms with Gasteiger partial charge in [0.25, 0.3) is 0 Å². The van der Waals surface area contributed by atoms with Crippen molar-refractivity contribution in [1.29, 1.82) is 0 Å². The zero-order valence-corrected chi connectivity index (χ0v) is 12.9. The van der Waals surface area contributed by atoms with E-state index in [1.807, 2.05) is 0 Å². The van der Waals surface area contributed by atoms with E-state index in [2.05, 4.69) is 24.1 Å². The highest BCUT2D eigenvalue weighted by Crippen LogP contribution is 2.37. The first-order valence-electron chi connectivity index (χ1n) is 8.33. The second kappa shape index (κ2) is 7.61. The Labute approximate surface area is 119 Å². The number of ether oxygens (including phenoxy) is 1. The summed E-state index contributed by atoms with van der Waals surface area (Å²) < 4.78 is 5.63. The van der Waals surface area contributed by atoms with Gasteiger partial charge in [-0.2, -0.15) is 0 Å². The summed E-state index contributed by atoms with van der Waals surface area (Å²) in [6.07, 6.45) is 8.47. The van der Waals surface area contributed by atoms with Crippen molar-refractivity contribution in [2.45, 2.75) is 58.5 Å². The lowest BCUT2D eigenvalue weighted by molar-refractivity contribution is 0.0914. The van der Waals surface area contributed by atoms with Crippen LogP contribution in [0.5, 0.6) is 0 Å². The number of likely N-dealkylation sites (tertiary alicyclic amines) is 1. The summed E-state index contributed by atoms with van der Waals surface area (Å²) in [6, 6.07) is 0. The highest BCUT2D eigenvalue weighted by Gasteiger charge is 2.30. The number of piperidine rings is 1. The van der Waals surface area contributed by atoms with Crippen LogP contribution < -0.4 is 5.32 Å². The monoisotopic (exact) mass is 268 g/mol. The molecule has 112 valence electrons. The normalized spacial score (nSPS) is 27.8. The zero-order valence-electron chi connectivity index (χ0n) is 12.9. The Morgan fingerprint density at radius 2 is 1.95 bits per heavy atom. The Balaban J connectivity index is 1.55. The molecule has 0 aromatic rings. The van der Waals surface area contributed by atoms with Crippen LogP contribution in [0, 0.1) is 5.41 Å². The third-order valence-corrected chi connectivity index (χ3v) is 5.42. The molecule has 0 aliphatic carbocycles. The Morgan fingerprint density at radius 1 is 1.21 bits per heavy atom. The highest BCUT2D eigenvalue weighted by atomic mass is 16.5. The van der Waals surface area contributed by atoms with E-state index in [0.717, 1.165) is 19.7 Å². The molecule has 0 saturated carbocycles. The van der Waals surface area contributed by atoms with Gasteiger partial charge in [0.1, 0.15) is 0 Å². The van der Waals surface area contributed by atoms with E-state index in [1.54, 1.807) is 0 Å². The summed E-state index contributed by atoms with van der Waals surface area (Å²) in [5.41, 5.74) is 0.654. The van der Waals surface area contributed by atoms with Gasteiger partial charge in [-0.15, -0.1) is 0 Å². The van der Waals surface area contributed by atoms with Crippen LogP contribution >= 0.6 is 0 Å². The second-order valence-corrected chi connectivity index (χ2v) is 6.39. The van der Waals surface area contributed by atoms with Gasteiger partial charge in [-0.3, -0.25) is 0 Å². The van der Waals surface area contributed by atoms with Crippen LogP contribution in [0.15, 0.2) is 0 Å². The van der Waals surface area contributed by atoms with Gasteiger partial charge >= 0.3 is 0 Å². The molecular weight excluding hydrogens is 236 g/mol. The fraction of sp³-hybridized carbons (Fsp3) is 1.00. The van der Waals surface area contributed by atoms with E-state index in [0.29, 0.717) is 11.5 Å². The first-order chi connectivity index (χ1) is 9.28. The lowest BCUT2D eigenvalue weighted by Gasteiger charge is -2.41. The maximum Gasteiger partial charge on any atom is 0.0700 e. The Hall–Kier alpha value is -0.120. The minimum Gasteiger partial charge on any atom is -0.377 e. The van der Waals surface area contributed by atoms with Crippen LogP contribution in [0.4, 0.5) is 0 Å². The van der Waals surface area contributed by atoms with Crippen molar-refractivity contribution in [3.63, 3.8) is 0 Å². The molecule has 0 aromatic carbocycles. The fourth-order valence-electron chi connectivity index (χ4n) is 3.51. The van der Waals surface area contributed by atoms with Crippen molar-refractivity contribution in [3.05, 3.63) is 0 Å². The topological polar surface area (TPSA) is 24.5 Å². The van der Waals surface area contributed by atoms with Crippen molar-refractivity contribution in [2.24, 2.45) is 5.41 Å².